The topological polar surface area (TPSA) is 86.1 Å². The summed E-state index contributed by atoms with van der Waals surface area (Å²) in [5, 5.41) is 13.0. The average Bonchev–Trinajstić information content (AvgIpc) is 3.19. The second-order valence-electron chi connectivity index (χ2n) is 8.38. The third-order valence-electron chi connectivity index (χ3n) is 5.92. The molecule has 1 aliphatic rings. The van der Waals surface area contributed by atoms with Gasteiger partial charge in [-0.1, -0.05) is 66.2 Å². The van der Waals surface area contributed by atoms with Crippen LogP contribution in [0.3, 0.4) is 0 Å². The molecule has 1 atom stereocenters. The number of nitrogens with zero attached hydrogens (tertiary/aromatic N) is 3. The highest BCUT2D eigenvalue weighted by molar-refractivity contribution is 6.30. The molecule has 0 bridgehead atoms. The number of rotatable bonds is 6. The summed E-state index contributed by atoms with van der Waals surface area (Å²) in [4.78, 5) is 30.8. The number of hydrogen-bond acceptors (Lipinski definition) is 4. The summed E-state index contributed by atoms with van der Waals surface area (Å²) in [7, 11) is 0. The molecule has 1 aromatic heterocycles. The fourth-order valence-corrected chi connectivity index (χ4v) is 4.31. The van der Waals surface area contributed by atoms with Crippen molar-refractivity contribution in [2.24, 2.45) is 0 Å². The quantitative estimate of drug-likeness (QED) is 0.514. The predicted octanol–water partition coefficient (Wildman–Crippen LogP) is 4.92. The number of carbonyl (C=O) groups excluding carboxylic acids is 2. The molecule has 0 aliphatic carbocycles. The summed E-state index contributed by atoms with van der Waals surface area (Å²) in [5.41, 5.74) is 0.0853. The van der Waals surface area contributed by atoms with Crippen LogP contribution in [-0.2, 0) is 10.3 Å². The minimum absolute atomic E-state index is 0.254. The van der Waals surface area contributed by atoms with E-state index in [2.05, 4.69) is 10.3 Å². The number of hydrogen-bond donors (Lipinski definition) is 1. The van der Waals surface area contributed by atoms with E-state index in [0.29, 0.717) is 16.1 Å². The van der Waals surface area contributed by atoms with Crippen LogP contribution in [0.15, 0.2) is 73.1 Å². The van der Waals surface area contributed by atoms with Crippen LogP contribution in [0.5, 0.6) is 0 Å². The van der Waals surface area contributed by atoms with Crippen LogP contribution in [0.4, 0.5) is 8.78 Å². The molecule has 2 heterocycles. The summed E-state index contributed by atoms with van der Waals surface area (Å²) < 4.78 is 28.9. The van der Waals surface area contributed by atoms with Gasteiger partial charge in [0, 0.05) is 28.5 Å². The summed E-state index contributed by atoms with van der Waals surface area (Å²) in [5.74, 6) is -4.59. The van der Waals surface area contributed by atoms with E-state index in [1.807, 2.05) is 18.2 Å². The van der Waals surface area contributed by atoms with Gasteiger partial charge in [0.2, 0.25) is 5.91 Å². The maximum absolute atomic E-state index is 14.4. The van der Waals surface area contributed by atoms with Crippen molar-refractivity contribution in [2.75, 3.05) is 13.1 Å². The first kappa shape index (κ1) is 25.0. The number of amides is 2. The van der Waals surface area contributed by atoms with Gasteiger partial charge in [-0.25, -0.2) is 8.78 Å². The van der Waals surface area contributed by atoms with Crippen LogP contribution < -0.4 is 5.32 Å². The van der Waals surface area contributed by atoms with Gasteiger partial charge in [-0.05, 0) is 29.3 Å². The van der Waals surface area contributed by atoms with Crippen LogP contribution in [0, 0.1) is 11.3 Å². The highest BCUT2D eigenvalue weighted by Crippen LogP contribution is 2.45. The Morgan fingerprint density at radius 3 is 2.53 bits per heavy atom. The van der Waals surface area contributed by atoms with Gasteiger partial charge in [0.05, 0.1) is 25.6 Å². The van der Waals surface area contributed by atoms with Crippen molar-refractivity contribution in [3.63, 3.8) is 0 Å². The lowest BCUT2D eigenvalue weighted by Crippen LogP contribution is -2.48. The molecule has 182 valence electrons. The van der Waals surface area contributed by atoms with Crippen molar-refractivity contribution < 1.29 is 18.4 Å². The molecule has 2 amide bonds. The zero-order valence-electron chi connectivity index (χ0n) is 19.0. The van der Waals surface area contributed by atoms with Crippen LogP contribution in [-0.4, -0.2) is 40.7 Å². The number of aromatic nitrogens is 1. The average molecular weight is 507 g/mol. The smallest absolute Gasteiger partial charge is 0.269 e. The third kappa shape index (κ3) is 5.26. The molecule has 0 saturated carbocycles. The molecule has 6 nitrogen and oxygen atoms in total. The number of halogens is 3. The predicted molar refractivity (Wildman–Crippen MR) is 132 cm³/mol. The van der Waals surface area contributed by atoms with Gasteiger partial charge >= 0.3 is 0 Å². The molecule has 0 radical (unpaired) electrons. The first-order valence-electron chi connectivity index (χ1n) is 11.0. The van der Waals surface area contributed by atoms with Crippen LogP contribution in [0.25, 0.3) is 12.2 Å². The lowest BCUT2D eigenvalue weighted by molar-refractivity contribution is -0.133. The van der Waals surface area contributed by atoms with E-state index in [1.54, 1.807) is 54.6 Å². The molecule has 1 unspecified atom stereocenters. The summed E-state index contributed by atoms with van der Waals surface area (Å²) >= 11 is 5.90. The second-order valence-corrected chi connectivity index (χ2v) is 8.82. The van der Waals surface area contributed by atoms with E-state index >= 15 is 0 Å². The molecule has 1 saturated heterocycles. The Kier molecular flexibility index (Phi) is 7.13. The zero-order chi connectivity index (χ0) is 25.8. The van der Waals surface area contributed by atoms with Crippen molar-refractivity contribution in [1.82, 2.24) is 15.2 Å². The van der Waals surface area contributed by atoms with Gasteiger partial charge < -0.3 is 10.2 Å². The summed E-state index contributed by atoms with van der Waals surface area (Å²) in [6, 6.07) is 18.6. The lowest BCUT2D eigenvalue weighted by atomic mass is 9.88. The van der Waals surface area contributed by atoms with Crippen LogP contribution in [0.1, 0.15) is 33.5 Å². The third-order valence-corrected chi connectivity index (χ3v) is 6.18. The molecule has 1 aliphatic heterocycles. The first-order valence-corrected chi connectivity index (χ1v) is 11.4. The van der Waals surface area contributed by atoms with Crippen molar-refractivity contribution in [3.8, 4) is 6.07 Å². The number of nitriles is 1. The minimum Gasteiger partial charge on any atom is -0.343 e. The van der Waals surface area contributed by atoms with Gasteiger partial charge in [-0.15, -0.1) is 0 Å². The van der Waals surface area contributed by atoms with Gasteiger partial charge in [-0.3, -0.25) is 14.6 Å². The fourth-order valence-electron chi connectivity index (χ4n) is 4.18. The van der Waals surface area contributed by atoms with Crippen molar-refractivity contribution in [2.45, 2.75) is 17.9 Å². The number of benzene rings is 2. The normalized spacial score (nSPS) is 18.7. The molecule has 9 heteroatoms. The molecule has 3 aromatic rings. The first-order chi connectivity index (χ1) is 17.2. The Hall–Kier alpha value is -4.09. The van der Waals surface area contributed by atoms with Crippen molar-refractivity contribution in [1.29, 1.82) is 5.26 Å². The number of pyridine rings is 1. The van der Waals surface area contributed by atoms with Gasteiger partial charge in [0.1, 0.15) is 0 Å². The van der Waals surface area contributed by atoms with E-state index in [4.69, 9.17) is 11.6 Å². The van der Waals surface area contributed by atoms with Gasteiger partial charge in [0.25, 0.3) is 11.8 Å². The standard InChI is InChI=1S/C27H21ClF2N4O2/c28-22-10-7-19(8-11-22)6-9-20-14-32-13-12-23(20)25(36)33-15-24(35)34-18-27(29,30)16-26(34,17-31)21-4-2-1-3-5-21/h1-14H,15-16,18H2,(H,33,36)/b9-6+. The molecule has 2 aromatic carbocycles. The maximum atomic E-state index is 14.4. The number of likely N-dealkylation sites (tertiary alicyclic amines) is 1. The Balaban J connectivity index is 1.51. The molecule has 1 N–H and O–H groups in total. The second kappa shape index (κ2) is 10.3. The van der Waals surface area contributed by atoms with Gasteiger partial charge in [0.15, 0.2) is 5.54 Å². The highest BCUT2D eigenvalue weighted by atomic mass is 35.5. The molecule has 4 rings (SSSR count). The van der Waals surface area contributed by atoms with E-state index in [-0.39, 0.29) is 5.56 Å². The number of carbonyl (C=O) groups is 2. The fraction of sp³-hybridized carbons (Fsp3) is 0.185. The van der Waals surface area contributed by atoms with E-state index < -0.39 is 42.8 Å². The minimum atomic E-state index is -3.24. The maximum Gasteiger partial charge on any atom is 0.269 e. The summed E-state index contributed by atoms with van der Waals surface area (Å²) in [6.45, 7) is -1.46. The Bertz CT molecular complexity index is 1340. The van der Waals surface area contributed by atoms with Crippen molar-refractivity contribution in [3.05, 3.63) is 100 Å². The zero-order valence-corrected chi connectivity index (χ0v) is 19.8. The molecule has 0 spiro atoms. The summed E-state index contributed by atoms with van der Waals surface area (Å²) in [6.07, 6.45) is 5.60. The Labute approximate surface area is 211 Å². The van der Waals surface area contributed by atoms with Crippen molar-refractivity contribution >= 4 is 35.6 Å². The Morgan fingerprint density at radius 2 is 1.83 bits per heavy atom. The highest BCUT2D eigenvalue weighted by Gasteiger charge is 2.58. The molecule has 36 heavy (non-hydrogen) atoms. The monoisotopic (exact) mass is 506 g/mol. The lowest BCUT2D eigenvalue weighted by Gasteiger charge is -2.32. The number of nitrogens with one attached hydrogen (secondary N) is 1. The number of alkyl halides is 2. The molecular weight excluding hydrogens is 486 g/mol. The SMILES string of the molecule is N#CC1(c2ccccc2)CC(F)(F)CN1C(=O)CNC(=O)c1ccncc1/C=C/c1ccc(Cl)cc1. The Morgan fingerprint density at radius 1 is 1.11 bits per heavy atom. The van der Waals surface area contributed by atoms with E-state index in [9.17, 15) is 23.6 Å². The van der Waals surface area contributed by atoms with E-state index in [1.165, 1.54) is 18.5 Å². The van der Waals surface area contributed by atoms with E-state index in [0.717, 1.165) is 10.5 Å². The largest absolute Gasteiger partial charge is 0.343 e. The molecular formula is C27H21ClF2N4O2. The van der Waals surface area contributed by atoms with Gasteiger partial charge in [-0.2, -0.15) is 5.26 Å². The van der Waals surface area contributed by atoms with Crippen LogP contribution >= 0.6 is 11.6 Å². The van der Waals surface area contributed by atoms with Crippen LogP contribution in [0.2, 0.25) is 5.02 Å². The molecule has 1 fully saturated rings.